The summed E-state index contributed by atoms with van der Waals surface area (Å²) < 4.78 is 3.00. The fourth-order valence-electron chi connectivity index (χ4n) is 2.11. The third-order valence-electron chi connectivity index (χ3n) is 3.06. The highest BCUT2D eigenvalue weighted by molar-refractivity contribution is 7.98. The molecule has 1 aromatic carbocycles. The van der Waals surface area contributed by atoms with E-state index in [1.807, 2.05) is 22.6 Å². The molecule has 0 aliphatic heterocycles. The minimum atomic E-state index is 0.492. The summed E-state index contributed by atoms with van der Waals surface area (Å²) in [6.45, 7) is 0. The third-order valence-corrected chi connectivity index (χ3v) is 5.72. The van der Waals surface area contributed by atoms with Crippen molar-refractivity contribution in [3.05, 3.63) is 51.6 Å². The first-order valence-corrected chi connectivity index (χ1v) is 8.93. The number of hydrogen-bond acceptors (Lipinski definition) is 5. The molecule has 8 heteroatoms. The molecule has 4 nitrogen and oxygen atoms in total. The Bertz CT molecular complexity index is 946. The van der Waals surface area contributed by atoms with Crippen LogP contribution in [0.2, 0.25) is 10.0 Å². The van der Waals surface area contributed by atoms with Crippen molar-refractivity contribution in [3.8, 4) is 0 Å². The number of halogens is 2. The van der Waals surface area contributed by atoms with E-state index in [2.05, 4.69) is 21.2 Å². The van der Waals surface area contributed by atoms with Crippen LogP contribution in [0.15, 0.2) is 41.7 Å². The minimum absolute atomic E-state index is 0.492. The van der Waals surface area contributed by atoms with Crippen molar-refractivity contribution in [2.24, 2.45) is 0 Å². The van der Waals surface area contributed by atoms with Gasteiger partial charge < -0.3 is 0 Å². The zero-order valence-electron chi connectivity index (χ0n) is 11.0. The summed E-state index contributed by atoms with van der Waals surface area (Å²) in [5.41, 5.74) is 1.64. The summed E-state index contributed by atoms with van der Waals surface area (Å²) in [5, 5.41) is 11.1. The zero-order chi connectivity index (χ0) is 15.1. The molecule has 0 fully saturated rings. The van der Waals surface area contributed by atoms with Crippen LogP contribution >= 0.6 is 46.3 Å². The summed E-state index contributed by atoms with van der Waals surface area (Å²) in [7, 11) is 0. The highest BCUT2D eigenvalue weighted by Crippen LogP contribution is 2.29. The monoisotopic (exact) mass is 366 g/mol. The molecule has 0 aliphatic rings. The van der Waals surface area contributed by atoms with Gasteiger partial charge in [0.2, 0.25) is 0 Å². The van der Waals surface area contributed by atoms with Crippen LogP contribution in [0.25, 0.3) is 15.9 Å². The molecule has 0 amide bonds. The first-order chi connectivity index (χ1) is 10.7. The molecular formula is C14H8Cl2N4S2. The van der Waals surface area contributed by atoms with Crippen molar-refractivity contribution in [1.82, 2.24) is 19.6 Å². The molecule has 0 aliphatic carbocycles. The number of fused-ring (bicyclic) bond motifs is 2. The van der Waals surface area contributed by atoms with E-state index in [0.29, 0.717) is 15.7 Å². The Hall–Kier alpha value is -1.34. The Morgan fingerprint density at radius 3 is 2.91 bits per heavy atom. The molecule has 0 spiro atoms. The first kappa shape index (κ1) is 14.3. The Morgan fingerprint density at radius 1 is 1.18 bits per heavy atom. The van der Waals surface area contributed by atoms with Crippen LogP contribution in [0.3, 0.4) is 0 Å². The van der Waals surface area contributed by atoms with Crippen LogP contribution in [0.4, 0.5) is 0 Å². The summed E-state index contributed by atoms with van der Waals surface area (Å²) in [6.07, 6.45) is 1.77. The lowest BCUT2D eigenvalue weighted by molar-refractivity contribution is 0.921. The largest absolute Gasteiger partial charge is 0.275 e. The topological polar surface area (TPSA) is 43.1 Å². The lowest BCUT2D eigenvalue weighted by atomic mass is 10.3. The second kappa shape index (κ2) is 5.70. The van der Waals surface area contributed by atoms with E-state index >= 15 is 0 Å². The molecule has 0 bridgehead atoms. The highest BCUT2D eigenvalue weighted by Gasteiger charge is 2.12. The zero-order valence-corrected chi connectivity index (χ0v) is 14.2. The van der Waals surface area contributed by atoms with Gasteiger partial charge in [-0.25, -0.2) is 4.98 Å². The maximum absolute atomic E-state index is 6.12. The standard InChI is InChI=1S/C14H8Cl2N4S2/c15-8-5-9(16)13-18-19-14(20(13)6-8)21-7-12-17-10-3-1-2-4-11(10)22-12/h1-6H,7H2. The maximum Gasteiger partial charge on any atom is 0.196 e. The van der Waals surface area contributed by atoms with Gasteiger partial charge in [-0.1, -0.05) is 47.1 Å². The SMILES string of the molecule is Clc1cc(Cl)c2nnc(SCc3nc4ccccc4s3)n2c1. The van der Waals surface area contributed by atoms with E-state index in [0.717, 1.165) is 21.4 Å². The smallest absolute Gasteiger partial charge is 0.196 e. The Kier molecular flexibility index (Phi) is 3.69. The number of aromatic nitrogens is 4. The number of benzene rings is 1. The predicted octanol–water partition coefficient (Wildman–Crippen LogP) is 4.94. The summed E-state index contributed by atoms with van der Waals surface area (Å²) in [6, 6.07) is 9.77. The summed E-state index contributed by atoms with van der Waals surface area (Å²) >= 11 is 15.4. The van der Waals surface area contributed by atoms with Gasteiger partial charge in [-0.3, -0.25) is 4.40 Å². The molecule has 110 valence electrons. The number of para-hydroxylation sites is 1. The molecular weight excluding hydrogens is 359 g/mol. The van der Waals surface area contributed by atoms with E-state index in [-0.39, 0.29) is 0 Å². The fraction of sp³-hybridized carbons (Fsp3) is 0.0714. The van der Waals surface area contributed by atoms with Gasteiger partial charge >= 0.3 is 0 Å². The Morgan fingerprint density at radius 2 is 2.05 bits per heavy atom. The molecule has 0 atom stereocenters. The number of rotatable bonds is 3. The van der Waals surface area contributed by atoms with E-state index in [1.165, 1.54) is 4.70 Å². The molecule has 0 unspecified atom stereocenters. The first-order valence-electron chi connectivity index (χ1n) is 6.38. The number of hydrogen-bond donors (Lipinski definition) is 0. The number of thiazole rings is 1. The molecule has 4 aromatic rings. The minimum Gasteiger partial charge on any atom is -0.275 e. The van der Waals surface area contributed by atoms with Crippen molar-refractivity contribution in [3.63, 3.8) is 0 Å². The van der Waals surface area contributed by atoms with Crippen LogP contribution < -0.4 is 0 Å². The second-order valence-electron chi connectivity index (χ2n) is 4.55. The Balaban J connectivity index is 1.63. The molecule has 22 heavy (non-hydrogen) atoms. The molecule has 0 N–H and O–H groups in total. The number of thioether (sulfide) groups is 1. The summed E-state index contributed by atoms with van der Waals surface area (Å²) in [5.74, 6) is 0.726. The van der Waals surface area contributed by atoms with Gasteiger partial charge in [0.1, 0.15) is 5.01 Å². The van der Waals surface area contributed by atoms with Gasteiger partial charge in [-0.05, 0) is 18.2 Å². The van der Waals surface area contributed by atoms with Gasteiger partial charge in [0.15, 0.2) is 10.8 Å². The highest BCUT2D eigenvalue weighted by atomic mass is 35.5. The lowest BCUT2D eigenvalue weighted by Crippen LogP contribution is -1.89. The van der Waals surface area contributed by atoms with E-state index < -0.39 is 0 Å². The maximum atomic E-state index is 6.12. The molecule has 4 rings (SSSR count). The fourth-order valence-corrected chi connectivity index (χ4v) is 4.49. The van der Waals surface area contributed by atoms with Crippen molar-refractivity contribution < 1.29 is 0 Å². The molecule has 3 aromatic heterocycles. The van der Waals surface area contributed by atoms with Crippen LogP contribution in [0.5, 0.6) is 0 Å². The number of nitrogens with zero attached hydrogens (tertiary/aromatic N) is 4. The quantitative estimate of drug-likeness (QED) is 0.481. The van der Waals surface area contributed by atoms with Crippen LogP contribution in [0.1, 0.15) is 5.01 Å². The molecule has 3 heterocycles. The Labute approximate surface area is 144 Å². The van der Waals surface area contributed by atoms with E-state index in [4.69, 9.17) is 23.2 Å². The third kappa shape index (κ3) is 2.56. The van der Waals surface area contributed by atoms with Gasteiger partial charge in [0, 0.05) is 6.20 Å². The normalized spacial score (nSPS) is 11.5. The van der Waals surface area contributed by atoms with Gasteiger partial charge in [-0.15, -0.1) is 21.5 Å². The van der Waals surface area contributed by atoms with Crippen LogP contribution in [0, 0.1) is 0 Å². The van der Waals surface area contributed by atoms with E-state index in [9.17, 15) is 0 Å². The average molecular weight is 367 g/mol. The van der Waals surface area contributed by atoms with E-state index in [1.54, 1.807) is 35.4 Å². The van der Waals surface area contributed by atoms with Gasteiger partial charge in [0.05, 0.1) is 26.0 Å². The van der Waals surface area contributed by atoms with Crippen molar-refractivity contribution >= 4 is 62.2 Å². The van der Waals surface area contributed by atoms with Crippen molar-refractivity contribution in [1.29, 1.82) is 0 Å². The predicted molar refractivity (Wildman–Crippen MR) is 92.2 cm³/mol. The van der Waals surface area contributed by atoms with Gasteiger partial charge in [-0.2, -0.15) is 0 Å². The van der Waals surface area contributed by atoms with Crippen LogP contribution in [-0.2, 0) is 5.75 Å². The summed E-state index contributed by atoms with van der Waals surface area (Å²) in [4.78, 5) is 4.62. The molecule has 0 saturated carbocycles. The second-order valence-corrected chi connectivity index (χ2v) is 7.45. The average Bonchev–Trinajstić information content (AvgIpc) is 3.08. The van der Waals surface area contributed by atoms with Crippen molar-refractivity contribution in [2.75, 3.05) is 0 Å². The molecule has 0 radical (unpaired) electrons. The van der Waals surface area contributed by atoms with Gasteiger partial charge in [0.25, 0.3) is 0 Å². The number of pyridine rings is 1. The van der Waals surface area contributed by atoms with Crippen molar-refractivity contribution in [2.45, 2.75) is 10.9 Å². The molecule has 0 saturated heterocycles. The van der Waals surface area contributed by atoms with Crippen LogP contribution in [-0.4, -0.2) is 19.6 Å². The lowest BCUT2D eigenvalue weighted by Gasteiger charge is -2.00.